The molecule has 0 spiro atoms. The molecule has 2 aromatic carbocycles. The van der Waals surface area contributed by atoms with Gasteiger partial charge in [0.25, 0.3) is 5.91 Å². The van der Waals surface area contributed by atoms with Gasteiger partial charge in [-0.15, -0.1) is 0 Å². The van der Waals surface area contributed by atoms with Crippen molar-refractivity contribution in [2.75, 3.05) is 12.4 Å². The lowest BCUT2D eigenvalue weighted by molar-refractivity contribution is -0.137. The monoisotopic (exact) mass is 475 g/mol. The molecule has 0 saturated heterocycles. The van der Waals surface area contributed by atoms with Gasteiger partial charge in [0.2, 0.25) is 0 Å². The van der Waals surface area contributed by atoms with Gasteiger partial charge in [0.15, 0.2) is 11.3 Å². The first-order valence-electron chi connectivity index (χ1n) is 7.59. The van der Waals surface area contributed by atoms with Crippen molar-refractivity contribution in [2.24, 2.45) is 0 Å². The highest BCUT2D eigenvalue weighted by Gasteiger charge is 2.31. The average Bonchev–Trinajstić information content (AvgIpc) is 2.61. The van der Waals surface area contributed by atoms with E-state index in [4.69, 9.17) is 20.8 Å². The van der Waals surface area contributed by atoms with Crippen molar-refractivity contribution in [1.29, 1.82) is 0 Å². The normalized spacial score (nSPS) is 11.5. The van der Waals surface area contributed by atoms with Gasteiger partial charge in [-0.2, -0.15) is 13.2 Å². The third-order valence-electron chi connectivity index (χ3n) is 3.77. The molecular weight excluding hydrogens is 467 g/mol. The van der Waals surface area contributed by atoms with Crippen molar-refractivity contribution < 1.29 is 27.1 Å². The van der Waals surface area contributed by atoms with Crippen LogP contribution in [0.2, 0.25) is 5.02 Å². The minimum atomic E-state index is -4.62. The van der Waals surface area contributed by atoms with Gasteiger partial charge < -0.3 is 14.5 Å². The lowest BCUT2D eigenvalue weighted by Crippen LogP contribution is -2.21. The van der Waals surface area contributed by atoms with Gasteiger partial charge in [-0.05, 0) is 36.4 Å². The van der Waals surface area contributed by atoms with E-state index in [1.807, 2.05) is 0 Å². The number of anilines is 1. The summed E-state index contributed by atoms with van der Waals surface area (Å²) in [5, 5.41) is 2.48. The highest BCUT2D eigenvalue weighted by atomic mass is 79.9. The van der Waals surface area contributed by atoms with Crippen molar-refractivity contribution in [3.8, 4) is 5.75 Å². The quantitative estimate of drug-likeness (QED) is 0.508. The van der Waals surface area contributed by atoms with Crippen LogP contribution in [0.15, 0.2) is 50.1 Å². The maximum atomic E-state index is 12.9. The van der Waals surface area contributed by atoms with E-state index in [-0.39, 0.29) is 22.0 Å². The Morgan fingerprint density at radius 1 is 1.21 bits per heavy atom. The number of carbonyl (C=O) groups excluding carboxylic acids is 1. The van der Waals surface area contributed by atoms with Crippen molar-refractivity contribution >= 4 is 50.1 Å². The molecule has 1 heterocycles. The summed E-state index contributed by atoms with van der Waals surface area (Å²) in [7, 11) is 1.39. The second-order valence-electron chi connectivity index (χ2n) is 5.62. The van der Waals surface area contributed by atoms with Crippen LogP contribution < -0.4 is 15.7 Å². The molecule has 5 nitrogen and oxygen atoms in total. The number of hydrogen-bond donors (Lipinski definition) is 1. The SMILES string of the molecule is COc1cc(Br)cc2cc(C(=O)Nc3cc(C(F)(F)F)ccc3Cl)c(=O)oc12. The smallest absolute Gasteiger partial charge is 0.416 e. The summed E-state index contributed by atoms with van der Waals surface area (Å²) < 4.78 is 49.5. The number of carbonyl (C=O) groups is 1. The third-order valence-corrected chi connectivity index (χ3v) is 4.56. The molecule has 0 bridgehead atoms. The van der Waals surface area contributed by atoms with E-state index in [2.05, 4.69) is 21.2 Å². The number of ether oxygens (including phenoxy) is 1. The zero-order valence-electron chi connectivity index (χ0n) is 14.0. The molecule has 0 saturated carbocycles. The van der Waals surface area contributed by atoms with Crippen LogP contribution in [-0.2, 0) is 6.18 Å². The maximum absolute atomic E-state index is 12.9. The summed E-state index contributed by atoms with van der Waals surface area (Å²) in [6, 6.07) is 6.90. The fourth-order valence-electron chi connectivity index (χ4n) is 2.46. The zero-order valence-corrected chi connectivity index (χ0v) is 16.3. The van der Waals surface area contributed by atoms with Crippen molar-refractivity contribution in [1.82, 2.24) is 0 Å². The van der Waals surface area contributed by atoms with Crippen molar-refractivity contribution in [3.63, 3.8) is 0 Å². The summed E-state index contributed by atoms with van der Waals surface area (Å²) in [5.74, 6) is -0.690. The number of halogens is 5. The summed E-state index contributed by atoms with van der Waals surface area (Å²) in [6.07, 6.45) is -4.62. The Morgan fingerprint density at radius 3 is 2.57 bits per heavy atom. The Hall–Kier alpha value is -2.52. The summed E-state index contributed by atoms with van der Waals surface area (Å²) in [6.45, 7) is 0. The van der Waals surface area contributed by atoms with Gasteiger partial charge >= 0.3 is 11.8 Å². The van der Waals surface area contributed by atoms with E-state index in [1.165, 1.54) is 13.2 Å². The fourth-order valence-corrected chi connectivity index (χ4v) is 3.08. The number of hydrogen-bond acceptors (Lipinski definition) is 4. The van der Waals surface area contributed by atoms with Crippen molar-refractivity contribution in [2.45, 2.75) is 6.18 Å². The molecule has 0 aliphatic rings. The van der Waals surface area contributed by atoms with Gasteiger partial charge in [0.05, 0.1) is 23.4 Å². The standard InChI is InChI=1S/C18H10BrClF3NO4/c1-27-14-7-10(19)4-8-5-11(17(26)28-15(8)14)16(25)24-13-6-9(18(21,22)23)2-3-12(13)20/h2-7H,1H3,(H,24,25). The molecule has 1 N–H and O–H groups in total. The molecule has 146 valence electrons. The lowest BCUT2D eigenvalue weighted by Gasteiger charge is -2.12. The summed E-state index contributed by atoms with van der Waals surface area (Å²) in [5.41, 5.74) is -2.53. The van der Waals surface area contributed by atoms with E-state index < -0.39 is 28.8 Å². The van der Waals surface area contributed by atoms with Crippen molar-refractivity contribution in [3.05, 3.63) is 67.4 Å². The number of fused-ring (bicyclic) bond motifs is 1. The molecule has 0 atom stereocenters. The highest BCUT2D eigenvalue weighted by Crippen LogP contribution is 2.34. The predicted molar refractivity (Wildman–Crippen MR) is 101 cm³/mol. The van der Waals surface area contributed by atoms with Crippen LogP contribution in [0.1, 0.15) is 15.9 Å². The van der Waals surface area contributed by atoms with Gasteiger partial charge in [0.1, 0.15) is 5.56 Å². The van der Waals surface area contributed by atoms with Crippen LogP contribution in [0.4, 0.5) is 18.9 Å². The molecule has 28 heavy (non-hydrogen) atoms. The number of benzene rings is 2. The van der Waals surface area contributed by atoms with E-state index in [1.54, 1.807) is 12.1 Å². The van der Waals surface area contributed by atoms with Crippen LogP contribution in [0, 0.1) is 0 Å². The number of nitrogens with one attached hydrogen (secondary N) is 1. The fraction of sp³-hybridized carbons (Fsp3) is 0.111. The second kappa shape index (κ2) is 7.48. The Bertz CT molecular complexity index is 1140. The molecule has 1 aromatic heterocycles. The average molecular weight is 477 g/mol. The first kappa shape index (κ1) is 20.2. The van der Waals surface area contributed by atoms with Crippen LogP contribution in [0.5, 0.6) is 5.75 Å². The van der Waals surface area contributed by atoms with E-state index in [0.29, 0.717) is 15.9 Å². The molecule has 0 aliphatic heterocycles. The molecule has 0 radical (unpaired) electrons. The van der Waals surface area contributed by atoms with E-state index >= 15 is 0 Å². The minimum Gasteiger partial charge on any atom is -0.493 e. The second-order valence-corrected chi connectivity index (χ2v) is 6.94. The van der Waals surface area contributed by atoms with Crippen LogP contribution in [0.25, 0.3) is 11.0 Å². The largest absolute Gasteiger partial charge is 0.493 e. The zero-order chi connectivity index (χ0) is 20.6. The first-order valence-corrected chi connectivity index (χ1v) is 8.76. The summed E-state index contributed by atoms with van der Waals surface area (Å²) >= 11 is 9.14. The van der Waals surface area contributed by atoms with E-state index in [0.717, 1.165) is 12.1 Å². The number of alkyl halides is 3. The molecule has 10 heteroatoms. The molecular formula is C18H10BrClF3NO4. The Labute approximate surface area is 169 Å². The highest BCUT2D eigenvalue weighted by molar-refractivity contribution is 9.10. The minimum absolute atomic E-state index is 0.115. The number of methoxy groups -OCH3 is 1. The molecule has 1 amide bonds. The molecule has 0 aliphatic carbocycles. The molecule has 0 unspecified atom stereocenters. The van der Waals surface area contributed by atoms with Crippen LogP contribution in [-0.4, -0.2) is 13.0 Å². The number of rotatable bonds is 3. The molecule has 3 aromatic rings. The Kier molecular flexibility index (Phi) is 5.40. The molecule has 0 fully saturated rings. The number of amides is 1. The van der Waals surface area contributed by atoms with Crippen LogP contribution >= 0.6 is 27.5 Å². The van der Waals surface area contributed by atoms with Gasteiger partial charge in [-0.3, -0.25) is 4.79 Å². The maximum Gasteiger partial charge on any atom is 0.416 e. The predicted octanol–water partition coefficient (Wildman–Crippen LogP) is 5.49. The Balaban J connectivity index is 2.03. The van der Waals surface area contributed by atoms with Gasteiger partial charge in [-0.25, -0.2) is 4.79 Å². The summed E-state index contributed by atoms with van der Waals surface area (Å²) in [4.78, 5) is 24.7. The first-order chi connectivity index (χ1) is 13.1. The molecule has 3 rings (SSSR count). The van der Waals surface area contributed by atoms with Gasteiger partial charge in [-0.1, -0.05) is 27.5 Å². The third kappa shape index (κ3) is 4.00. The Morgan fingerprint density at radius 2 is 1.93 bits per heavy atom. The lowest BCUT2D eigenvalue weighted by atomic mass is 10.1. The van der Waals surface area contributed by atoms with E-state index in [9.17, 15) is 22.8 Å². The van der Waals surface area contributed by atoms with Crippen LogP contribution in [0.3, 0.4) is 0 Å². The topological polar surface area (TPSA) is 68.5 Å². The van der Waals surface area contributed by atoms with Gasteiger partial charge in [0, 0.05) is 9.86 Å².